The van der Waals surface area contributed by atoms with Crippen LogP contribution in [0.15, 0.2) is 54.6 Å². The van der Waals surface area contributed by atoms with Gasteiger partial charge in [0.25, 0.3) is 0 Å². The molecule has 0 unspecified atom stereocenters. The maximum absolute atomic E-state index is 12.0. The Morgan fingerprint density at radius 3 is 2.25 bits per heavy atom. The third kappa shape index (κ3) is 4.32. The Hall–Kier alpha value is -1.93. The van der Waals surface area contributed by atoms with E-state index < -0.39 is 0 Å². The molecule has 0 spiro atoms. The lowest BCUT2D eigenvalue weighted by molar-refractivity contribution is -0.118. The molecule has 0 saturated heterocycles. The van der Waals surface area contributed by atoms with E-state index >= 15 is 0 Å². The Morgan fingerprint density at radius 1 is 0.900 bits per heavy atom. The summed E-state index contributed by atoms with van der Waals surface area (Å²) in [5.41, 5.74) is 3.07. The molecular formula is C18H20O2. The van der Waals surface area contributed by atoms with Gasteiger partial charge in [-0.25, -0.2) is 0 Å². The van der Waals surface area contributed by atoms with Crippen LogP contribution >= 0.6 is 0 Å². The predicted octanol–water partition coefficient (Wildman–Crippen LogP) is 3.31. The third-order valence-corrected chi connectivity index (χ3v) is 3.44. The third-order valence-electron chi connectivity index (χ3n) is 3.44. The number of aliphatic hydroxyl groups excluding tert-OH is 1. The van der Waals surface area contributed by atoms with Crippen LogP contribution in [0.25, 0.3) is 0 Å². The summed E-state index contributed by atoms with van der Waals surface area (Å²) in [5, 5.41) is 9.24. The van der Waals surface area contributed by atoms with Gasteiger partial charge < -0.3 is 5.11 Å². The molecule has 2 nitrogen and oxygen atoms in total. The molecule has 0 aliphatic rings. The van der Waals surface area contributed by atoms with Crippen molar-refractivity contribution in [1.29, 1.82) is 0 Å². The molecule has 0 aliphatic heterocycles. The summed E-state index contributed by atoms with van der Waals surface area (Å²) in [6.45, 7) is -0.00648. The molecule has 0 radical (unpaired) electrons. The van der Waals surface area contributed by atoms with Crippen LogP contribution in [0.5, 0.6) is 0 Å². The molecule has 0 bridgehead atoms. The second kappa shape index (κ2) is 7.61. The molecule has 0 heterocycles. The Morgan fingerprint density at radius 2 is 1.55 bits per heavy atom. The number of ketones is 1. The molecule has 0 fully saturated rings. The predicted molar refractivity (Wildman–Crippen MR) is 80.5 cm³/mol. The largest absolute Gasteiger partial charge is 0.392 e. The molecule has 0 aromatic heterocycles. The molecule has 0 atom stereocenters. The van der Waals surface area contributed by atoms with Crippen molar-refractivity contribution in [3.63, 3.8) is 0 Å². The van der Waals surface area contributed by atoms with Gasteiger partial charge in [-0.15, -0.1) is 0 Å². The van der Waals surface area contributed by atoms with Crippen LogP contribution in [0.1, 0.15) is 29.5 Å². The van der Waals surface area contributed by atoms with Crippen LogP contribution < -0.4 is 0 Å². The van der Waals surface area contributed by atoms with Crippen LogP contribution in [0.3, 0.4) is 0 Å². The van der Waals surface area contributed by atoms with E-state index in [0.29, 0.717) is 12.8 Å². The van der Waals surface area contributed by atoms with Crippen LogP contribution in [-0.4, -0.2) is 10.9 Å². The molecule has 0 aliphatic carbocycles. The van der Waals surface area contributed by atoms with Gasteiger partial charge in [0.15, 0.2) is 0 Å². The Bertz CT molecular complexity index is 546. The summed E-state index contributed by atoms with van der Waals surface area (Å²) in [5.74, 6) is 0.238. The minimum absolute atomic E-state index is 0.00648. The van der Waals surface area contributed by atoms with Crippen molar-refractivity contribution in [3.05, 3.63) is 71.3 Å². The summed E-state index contributed by atoms with van der Waals surface area (Å²) in [6.07, 6.45) is 2.83. The molecule has 0 saturated carbocycles. The lowest BCUT2D eigenvalue weighted by Gasteiger charge is -2.06. The zero-order valence-corrected chi connectivity index (χ0v) is 11.6. The first kappa shape index (κ1) is 14.5. The first-order valence-corrected chi connectivity index (χ1v) is 7.03. The number of Topliss-reactive ketones (excluding diaryl/α,β-unsaturated/α-hetero) is 1. The summed E-state index contributed by atoms with van der Waals surface area (Å²) in [7, 11) is 0. The average molecular weight is 268 g/mol. The summed E-state index contributed by atoms with van der Waals surface area (Å²) in [6, 6.07) is 17.8. The van der Waals surface area contributed by atoms with Crippen molar-refractivity contribution in [2.45, 2.75) is 32.3 Å². The van der Waals surface area contributed by atoms with Crippen LogP contribution in [-0.2, 0) is 24.2 Å². The zero-order chi connectivity index (χ0) is 14.2. The van der Waals surface area contributed by atoms with Gasteiger partial charge >= 0.3 is 0 Å². The molecule has 2 rings (SSSR count). The highest BCUT2D eigenvalue weighted by molar-refractivity contribution is 5.81. The summed E-state index contributed by atoms with van der Waals surface area (Å²) in [4.78, 5) is 12.0. The lowest BCUT2D eigenvalue weighted by atomic mass is 9.99. The molecule has 0 amide bonds. The van der Waals surface area contributed by atoms with E-state index in [-0.39, 0.29) is 12.4 Å². The molecular weight excluding hydrogens is 248 g/mol. The van der Waals surface area contributed by atoms with Crippen molar-refractivity contribution in [3.8, 4) is 0 Å². The number of rotatable bonds is 7. The number of carbonyl (C=O) groups is 1. The van der Waals surface area contributed by atoms with E-state index in [4.69, 9.17) is 0 Å². The molecule has 2 heteroatoms. The Kier molecular flexibility index (Phi) is 5.51. The normalized spacial score (nSPS) is 10.4. The van der Waals surface area contributed by atoms with E-state index in [2.05, 4.69) is 12.1 Å². The molecule has 20 heavy (non-hydrogen) atoms. The van der Waals surface area contributed by atoms with Crippen molar-refractivity contribution >= 4 is 5.78 Å². The Balaban J connectivity index is 1.81. The van der Waals surface area contributed by atoms with Gasteiger partial charge in [-0.1, -0.05) is 54.6 Å². The van der Waals surface area contributed by atoms with Gasteiger partial charge in [-0.2, -0.15) is 0 Å². The van der Waals surface area contributed by atoms with E-state index in [9.17, 15) is 9.90 Å². The summed E-state index contributed by atoms with van der Waals surface area (Å²) < 4.78 is 0. The number of hydrogen-bond donors (Lipinski definition) is 1. The minimum atomic E-state index is -0.00648. The minimum Gasteiger partial charge on any atom is -0.392 e. The number of aliphatic hydroxyl groups is 1. The highest BCUT2D eigenvalue weighted by Crippen LogP contribution is 2.12. The summed E-state index contributed by atoms with van der Waals surface area (Å²) >= 11 is 0. The van der Waals surface area contributed by atoms with E-state index in [1.807, 2.05) is 42.5 Å². The highest BCUT2D eigenvalue weighted by atomic mass is 16.3. The number of aryl methyl sites for hydroxylation is 1. The number of benzene rings is 2. The van der Waals surface area contributed by atoms with Gasteiger partial charge in [0.1, 0.15) is 5.78 Å². The quantitative estimate of drug-likeness (QED) is 0.836. The van der Waals surface area contributed by atoms with Gasteiger partial charge in [-0.05, 0) is 29.5 Å². The maximum atomic E-state index is 12.0. The van der Waals surface area contributed by atoms with Crippen LogP contribution in [0.4, 0.5) is 0 Å². The smallest absolute Gasteiger partial charge is 0.137 e. The molecule has 2 aromatic rings. The fourth-order valence-corrected chi connectivity index (χ4v) is 2.32. The molecule has 2 aromatic carbocycles. The van der Waals surface area contributed by atoms with E-state index in [0.717, 1.165) is 24.0 Å². The van der Waals surface area contributed by atoms with Gasteiger partial charge in [0, 0.05) is 12.8 Å². The monoisotopic (exact) mass is 268 g/mol. The first-order valence-electron chi connectivity index (χ1n) is 7.03. The van der Waals surface area contributed by atoms with Crippen molar-refractivity contribution in [1.82, 2.24) is 0 Å². The Labute approximate surface area is 120 Å². The fourth-order valence-electron chi connectivity index (χ4n) is 2.32. The second-order valence-electron chi connectivity index (χ2n) is 4.98. The number of carbonyl (C=O) groups excluding carboxylic acids is 1. The van der Waals surface area contributed by atoms with Crippen molar-refractivity contribution in [2.24, 2.45) is 0 Å². The molecule has 1 N–H and O–H groups in total. The van der Waals surface area contributed by atoms with Crippen molar-refractivity contribution in [2.75, 3.05) is 0 Å². The highest BCUT2D eigenvalue weighted by Gasteiger charge is 2.07. The fraction of sp³-hybridized carbons (Fsp3) is 0.278. The van der Waals surface area contributed by atoms with Gasteiger partial charge in [-0.3, -0.25) is 4.79 Å². The second-order valence-corrected chi connectivity index (χ2v) is 4.98. The number of hydrogen-bond acceptors (Lipinski definition) is 2. The van der Waals surface area contributed by atoms with Crippen LogP contribution in [0, 0.1) is 0 Å². The van der Waals surface area contributed by atoms with E-state index in [1.165, 1.54) is 5.56 Å². The first-order chi connectivity index (χ1) is 9.79. The maximum Gasteiger partial charge on any atom is 0.137 e. The van der Waals surface area contributed by atoms with Gasteiger partial charge in [0.2, 0.25) is 0 Å². The van der Waals surface area contributed by atoms with Gasteiger partial charge in [0.05, 0.1) is 6.61 Å². The SMILES string of the molecule is O=C(CCCc1ccccc1)Cc1ccccc1CO. The van der Waals surface area contributed by atoms with Crippen LogP contribution in [0.2, 0.25) is 0 Å². The topological polar surface area (TPSA) is 37.3 Å². The average Bonchev–Trinajstić information content (AvgIpc) is 2.49. The molecule has 104 valence electrons. The standard InChI is InChI=1S/C18H20O2/c19-14-17-11-5-4-10-16(17)13-18(20)12-6-9-15-7-2-1-3-8-15/h1-5,7-8,10-11,19H,6,9,12-14H2. The zero-order valence-electron chi connectivity index (χ0n) is 11.6. The lowest BCUT2D eigenvalue weighted by Crippen LogP contribution is -2.05. The van der Waals surface area contributed by atoms with E-state index in [1.54, 1.807) is 0 Å². The van der Waals surface area contributed by atoms with Crippen molar-refractivity contribution < 1.29 is 9.90 Å².